The summed E-state index contributed by atoms with van der Waals surface area (Å²) in [6, 6.07) is 18.0. The van der Waals surface area contributed by atoms with Gasteiger partial charge in [-0.3, -0.25) is 0 Å². The molecule has 0 fully saturated rings. The van der Waals surface area contributed by atoms with Crippen LogP contribution in [0.2, 0.25) is 0 Å². The van der Waals surface area contributed by atoms with E-state index in [4.69, 9.17) is 14.5 Å². The topological polar surface area (TPSA) is 31.4 Å². The fraction of sp³-hybridized carbons (Fsp3) is 0.0625. The Labute approximate surface area is 110 Å². The minimum atomic E-state index is 0.255. The molecule has 19 heavy (non-hydrogen) atoms. The number of para-hydroxylation sites is 1. The molecule has 3 aromatic rings. The number of pyridine rings is 1. The van der Waals surface area contributed by atoms with E-state index in [2.05, 4.69) is 0 Å². The first-order valence-corrected chi connectivity index (χ1v) is 6.17. The largest absolute Gasteiger partial charge is 0.453 e. The van der Waals surface area contributed by atoms with Gasteiger partial charge in [-0.15, -0.1) is 0 Å². The Kier molecular flexibility index (Phi) is 2.18. The molecular weight excluding hydrogens is 238 g/mol. The van der Waals surface area contributed by atoms with Crippen LogP contribution in [-0.2, 0) is 0 Å². The molecule has 0 saturated carbocycles. The van der Waals surface area contributed by atoms with Crippen molar-refractivity contribution in [2.45, 2.75) is 0 Å². The van der Waals surface area contributed by atoms with E-state index in [1.807, 2.05) is 54.6 Å². The summed E-state index contributed by atoms with van der Waals surface area (Å²) >= 11 is 0. The van der Waals surface area contributed by atoms with E-state index >= 15 is 0 Å². The third kappa shape index (κ3) is 1.55. The van der Waals surface area contributed by atoms with Gasteiger partial charge in [0.25, 0.3) is 0 Å². The van der Waals surface area contributed by atoms with E-state index in [0.717, 1.165) is 33.7 Å². The van der Waals surface area contributed by atoms with Gasteiger partial charge in [-0.05, 0) is 12.1 Å². The summed E-state index contributed by atoms with van der Waals surface area (Å²) < 4.78 is 11.2. The van der Waals surface area contributed by atoms with E-state index in [0.29, 0.717) is 0 Å². The fourth-order valence-electron chi connectivity index (χ4n) is 2.38. The van der Waals surface area contributed by atoms with Gasteiger partial charge in [-0.2, -0.15) is 0 Å². The molecule has 0 radical (unpaired) electrons. The summed E-state index contributed by atoms with van der Waals surface area (Å²) in [4.78, 5) is 4.71. The first-order chi connectivity index (χ1) is 9.43. The highest BCUT2D eigenvalue weighted by molar-refractivity contribution is 5.92. The Morgan fingerprint density at radius 3 is 2.42 bits per heavy atom. The van der Waals surface area contributed by atoms with Gasteiger partial charge in [0.15, 0.2) is 11.5 Å². The third-order valence-corrected chi connectivity index (χ3v) is 3.26. The number of nitrogens with zero attached hydrogens (tertiary/aromatic N) is 1. The maximum atomic E-state index is 5.61. The highest BCUT2D eigenvalue weighted by atomic mass is 16.7. The van der Waals surface area contributed by atoms with Crippen molar-refractivity contribution in [1.29, 1.82) is 0 Å². The van der Waals surface area contributed by atoms with Crippen LogP contribution in [0.3, 0.4) is 0 Å². The molecule has 3 nitrogen and oxygen atoms in total. The predicted molar refractivity (Wildman–Crippen MR) is 73.3 cm³/mol. The molecule has 1 aliphatic rings. The molecule has 0 N–H and O–H groups in total. The van der Waals surface area contributed by atoms with Crippen LogP contribution in [0.5, 0.6) is 11.5 Å². The lowest BCUT2D eigenvalue weighted by molar-refractivity contribution is 0.175. The van der Waals surface area contributed by atoms with E-state index in [1.54, 1.807) is 0 Å². The van der Waals surface area contributed by atoms with Gasteiger partial charge >= 0.3 is 0 Å². The van der Waals surface area contributed by atoms with Crippen LogP contribution in [0.15, 0.2) is 54.6 Å². The number of hydrogen-bond donors (Lipinski definition) is 0. The van der Waals surface area contributed by atoms with Gasteiger partial charge < -0.3 is 9.47 Å². The fourth-order valence-corrected chi connectivity index (χ4v) is 2.38. The summed E-state index contributed by atoms with van der Waals surface area (Å²) in [6.45, 7) is 0.255. The summed E-state index contributed by atoms with van der Waals surface area (Å²) in [5.41, 5.74) is 2.80. The molecule has 1 aliphatic heterocycles. The number of fused-ring (bicyclic) bond motifs is 3. The second kappa shape index (κ2) is 3.99. The molecule has 2 aromatic carbocycles. The molecule has 92 valence electrons. The molecule has 0 spiro atoms. The predicted octanol–water partition coefficient (Wildman–Crippen LogP) is 3.63. The Bertz CT molecular complexity index is 753. The van der Waals surface area contributed by atoms with Crippen molar-refractivity contribution in [2.75, 3.05) is 6.79 Å². The monoisotopic (exact) mass is 249 g/mol. The molecule has 0 aliphatic carbocycles. The third-order valence-electron chi connectivity index (χ3n) is 3.26. The average Bonchev–Trinajstić information content (AvgIpc) is 2.97. The van der Waals surface area contributed by atoms with E-state index in [9.17, 15) is 0 Å². The van der Waals surface area contributed by atoms with E-state index in [-0.39, 0.29) is 6.79 Å². The minimum absolute atomic E-state index is 0.255. The molecule has 4 rings (SSSR count). The first-order valence-electron chi connectivity index (χ1n) is 6.17. The van der Waals surface area contributed by atoms with Crippen molar-refractivity contribution in [3.63, 3.8) is 0 Å². The molecule has 0 atom stereocenters. The van der Waals surface area contributed by atoms with Crippen molar-refractivity contribution in [1.82, 2.24) is 4.98 Å². The van der Waals surface area contributed by atoms with Crippen molar-refractivity contribution in [2.24, 2.45) is 0 Å². The average molecular weight is 249 g/mol. The van der Waals surface area contributed by atoms with Crippen LogP contribution in [0, 0.1) is 0 Å². The van der Waals surface area contributed by atoms with Crippen molar-refractivity contribution in [3.05, 3.63) is 54.6 Å². The number of benzene rings is 2. The SMILES string of the molecule is c1ccc(-c2nc3ccccc3c3c2OCO3)cc1. The lowest BCUT2D eigenvalue weighted by Crippen LogP contribution is -1.94. The van der Waals surface area contributed by atoms with Gasteiger partial charge in [0.1, 0.15) is 5.69 Å². The van der Waals surface area contributed by atoms with Crippen LogP contribution in [0.1, 0.15) is 0 Å². The first kappa shape index (κ1) is 10.4. The highest BCUT2D eigenvalue weighted by Gasteiger charge is 2.23. The van der Waals surface area contributed by atoms with Crippen LogP contribution in [0.4, 0.5) is 0 Å². The zero-order valence-corrected chi connectivity index (χ0v) is 10.2. The van der Waals surface area contributed by atoms with Crippen molar-refractivity contribution in [3.8, 4) is 22.8 Å². The summed E-state index contributed by atoms with van der Waals surface area (Å²) in [7, 11) is 0. The van der Waals surface area contributed by atoms with Crippen LogP contribution >= 0.6 is 0 Å². The minimum Gasteiger partial charge on any atom is -0.453 e. The Morgan fingerprint density at radius 2 is 1.53 bits per heavy atom. The maximum Gasteiger partial charge on any atom is 0.231 e. The molecular formula is C16H11NO2. The lowest BCUT2D eigenvalue weighted by Gasteiger charge is -2.08. The van der Waals surface area contributed by atoms with Crippen LogP contribution in [-0.4, -0.2) is 11.8 Å². The molecule has 0 unspecified atom stereocenters. The number of aromatic nitrogens is 1. The normalized spacial score (nSPS) is 12.8. The molecule has 0 saturated heterocycles. The van der Waals surface area contributed by atoms with Crippen LogP contribution < -0.4 is 9.47 Å². The standard InChI is InChI=1S/C16H11NO2/c1-2-6-11(7-3-1)14-16-15(18-10-19-16)12-8-4-5-9-13(12)17-14/h1-9H,10H2. The highest BCUT2D eigenvalue weighted by Crippen LogP contribution is 2.44. The zero-order valence-electron chi connectivity index (χ0n) is 10.2. The van der Waals surface area contributed by atoms with Crippen molar-refractivity contribution < 1.29 is 9.47 Å². The van der Waals surface area contributed by atoms with Gasteiger partial charge in [-0.1, -0.05) is 42.5 Å². The maximum absolute atomic E-state index is 5.61. The van der Waals surface area contributed by atoms with Gasteiger partial charge in [0.2, 0.25) is 6.79 Å². The zero-order chi connectivity index (χ0) is 12.7. The van der Waals surface area contributed by atoms with E-state index < -0.39 is 0 Å². The summed E-state index contributed by atoms with van der Waals surface area (Å²) in [5, 5.41) is 0.995. The Morgan fingerprint density at radius 1 is 0.789 bits per heavy atom. The Hall–Kier alpha value is -2.55. The number of rotatable bonds is 1. The Balaban J connectivity index is 2.07. The number of hydrogen-bond acceptors (Lipinski definition) is 3. The molecule has 3 heteroatoms. The van der Waals surface area contributed by atoms with Crippen LogP contribution in [0.25, 0.3) is 22.2 Å². The summed E-state index contributed by atoms with van der Waals surface area (Å²) in [5.74, 6) is 1.54. The second-order valence-electron chi connectivity index (χ2n) is 4.41. The smallest absolute Gasteiger partial charge is 0.231 e. The molecule has 1 aromatic heterocycles. The summed E-state index contributed by atoms with van der Waals surface area (Å²) in [6.07, 6.45) is 0. The van der Waals surface area contributed by atoms with Gasteiger partial charge in [0, 0.05) is 10.9 Å². The second-order valence-corrected chi connectivity index (χ2v) is 4.41. The van der Waals surface area contributed by atoms with Gasteiger partial charge in [0.05, 0.1) is 5.52 Å². The lowest BCUT2D eigenvalue weighted by atomic mass is 10.1. The van der Waals surface area contributed by atoms with Crippen molar-refractivity contribution >= 4 is 10.9 Å². The molecule has 0 amide bonds. The molecule has 0 bridgehead atoms. The van der Waals surface area contributed by atoms with E-state index in [1.165, 1.54) is 0 Å². The van der Waals surface area contributed by atoms with Gasteiger partial charge in [-0.25, -0.2) is 4.98 Å². The number of ether oxygens (including phenoxy) is 2. The molecule has 2 heterocycles. The quantitative estimate of drug-likeness (QED) is 0.660.